The molecule has 30 heavy (non-hydrogen) atoms. The lowest BCUT2D eigenvalue weighted by molar-refractivity contribution is -0.212. The van der Waals surface area contributed by atoms with Gasteiger partial charge in [-0.2, -0.15) is 8.78 Å². The molecule has 0 amide bonds. The fourth-order valence-corrected chi connectivity index (χ4v) is 6.59. The summed E-state index contributed by atoms with van der Waals surface area (Å²) in [4.78, 5) is 24.9. The molecule has 4 bridgehead atoms. The van der Waals surface area contributed by atoms with Gasteiger partial charge in [0.1, 0.15) is 6.10 Å². The third-order valence-electron chi connectivity index (χ3n) is 7.96. The maximum absolute atomic E-state index is 13.7. The molecule has 2 atom stereocenters. The highest BCUT2D eigenvalue weighted by molar-refractivity contribution is 5.79. The number of halogens is 2. The van der Waals surface area contributed by atoms with Crippen LogP contribution in [0.4, 0.5) is 8.78 Å². The minimum Gasteiger partial charge on any atom is -0.457 e. The van der Waals surface area contributed by atoms with Crippen LogP contribution in [-0.2, 0) is 23.8 Å². The van der Waals surface area contributed by atoms with Gasteiger partial charge in [-0.3, -0.25) is 4.79 Å². The Labute approximate surface area is 177 Å². The first-order valence-corrected chi connectivity index (χ1v) is 11.7. The molecule has 5 aliphatic rings. The average molecular weight is 429 g/mol. The maximum Gasteiger partial charge on any atom is 0.377 e. The van der Waals surface area contributed by atoms with Gasteiger partial charge in [0.2, 0.25) is 0 Å². The van der Waals surface area contributed by atoms with Crippen molar-refractivity contribution in [2.24, 2.45) is 29.1 Å². The molecular formula is C23H34F2O5. The minimum atomic E-state index is -3.44. The number of carbonyl (C=O) groups is 2. The second kappa shape index (κ2) is 8.71. The number of ether oxygens (including phenoxy) is 3. The van der Waals surface area contributed by atoms with E-state index in [4.69, 9.17) is 14.2 Å². The third kappa shape index (κ3) is 4.37. The minimum absolute atomic E-state index is 0.0157. The zero-order valence-electron chi connectivity index (χ0n) is 17.9. The molecule has 7 heteroatoms. The van der Waals surface area contributed by atoms with Gasteiger partial charge in [-0.15, -0.1) is 0 Å². The van der Waals surface area contributed by atoms with Gasteiger partial charge in [0.05, 0.1) is 12.0 Å². The maximum atomic E-state index is 13.7. The molecule has 5 rings (SSSR count). The molecule has 2 unspecified atom stereocenters. The fraction of sp³-hybridized carbons (Fsp3) is 0.913. The molecule has 0 saturated heterocycles. The Morgan fingerprint density at radius 1 is 1.03 bits per heavy atom. The van der Waals surface area contributed by atoms with Crippen molar-refractivity contribution in [3.63, 3.8) is 0 Å². The Balaban J connectivity index is 1.30. The van der Waals surface area contributed by atoms with Gasteiger partial charge in [-0.25, -0.2) is 4.79 Å². The highest BCUT2D eigenvalue weighted by atomic mass is 19.3. The van der Waals surface area contributed by atoms with Crippen molar-refractivity contribution in [3.05, 3.63) is 0 Å². The molecule has 0 aromatic heterocycles. The van der Waals surface area contributed by atoms with Crippen LogP contribution in [0, 0.1) is 29.1 Å². The Bertz CT molecular complexity index is 630. The molecule has 0 aromatic carbocycles. The Hall–Kier alpha value is -1.24. The lowest BCUT2D eigenvalue weighted by atomic mass is 9.48. The van der Waals surface area contributed by atoms with Crippen molar-refractivity contribution in [2.75, 3.05) is 13.4 Å². The molecule has 0 heterocycles. The van der Waals surface area contributed by atoms with Crippen molar-refractivity contribution in [1.82, 2.24) is 0 Å². The number of rotatable bonds is 8. The molecule has 5 nitrogen and oxygen atoms in total. The van der Waals surface area contributed by atoms with Gasteiger partial charge in [-0.05, 0) is 68.6 Å². The lowest BCUT2D eigenvalue weighted by Crippen LogP contribution is -2.58. The number of carbonyl (C=O) groups excluding carboxylic acids is 2. The van der Waals surface area contributed by atoms with Crippen LogP contribution in [0.1, 0.15) is 77.6 Å². The quantitative estimate of drug-likeness (QED) is 0.314. The molecule has 5 aliphatic carbocycles. The summed E-state index contributed by atoms with van der Waals surface area (Å²) in [5.41, 5.74) is -0.569. The molecule has 0 aliphatic heterocycles. The molecular weight excluding hydrogens is 394 g/mol. The van der Waals surface area contributed by atoms with E-state index in [1.807, 2.05) is 0 Å². The molecule has 0 radical (unpaired) electrons. The standard InChI is InChI=1S/C23H34F2O5/c1-2-23(24,25)21(27)30-19-17-8-16-9-18(19)12-22(10-16,11-17)20(26)29-14-28-13-15-6-4-3-5-7-15/h15-19H,2-14H2,1H3. The zero-order valence-corrected chi connectivity index (χ0v) is 17.9. The van der Waals surface area contributed by atoms with Gasteiger partial charge < -0.3 is 14.2 Å². The van der Waals surface area contributed by atoms with E-state index in [1.54, 1.807) is 0 Å². The third-order valence-corrected chi connectivity index (χ3v) is 7.96. The first kappa shape index (κ1) is 22.0. The predicted octanol–water partition coefficient (Wildman–Crippen LogP) is 4.87. The number of hydrogen-bond donors (Lipinski definition) is 0. The SMILES string of the molecule is CCC(F)(F)C(=O)OC1C2CC3CC1CC(C(=O)OCOCC1CCCCC1)(C3)C2. The van der Waals surface area contributed by atoms with Crippen molar-refractivity contribution < 1.29 is 32.6 Å². The number of esters is 2. The van der Waals surface area contributed by atoms with E-state index in [9.17, 15) is 18.4 Å². The fourth-order valence-electron chi connectivity index (χ4n) is 6.59. The molecule has 0 N–H and O–H groups in total. The molecule has 5 saturated carbocycles. The van der Waals surface area contributed by atoms with Crippen LogP contribution < -0.4 is 0 Å². The van der Waals surface area contributed by atoms with Gasteiger partial charge in [-0.1, -0.05) is 26.2 Å². The first-order chi connectivity index (χ1) is 14.3. The van der Waals surface area contributed by atoms with Crippen LogP contribution in [0.25, 0.3) is 0 Å². The lowest BCUT2D eigenvalue weighted by Gasteiger charge is -2.57. The van der Waals surface area contributed by atoms with Gasteiger partial charge in [0.15, 0.2) is 6.79 Å². The highest BCUT2D eigenvalue weighted by Crippen LogP contribution is 2.61. The van der Waals surface area contributed by atoms with E-state index in [1.165, 1.54) is 39.0 Å². The molecule has 170 valence electrons. The monoisotopic (exact) mass is 428 g/mol. The summed E-state index contributed by atoms with van der Waals surface area (Å²) in [7, 11) is 0. The van der Waals surface area contributed by atoms with E-state index in [-0.39, 0.29) is 24.6 Å². The van der Waals surface area contributed by atoms with E-state index < -0.39 is 29.8 Å². The second-order valence-electron chi connectivity index (χ2n) is 10.1. The van der Waals surface area contributed by atoms with Crippen LogP contribution >= 0.6 is 0 Å². The normalized spacial score (nSPS) is 36.0. The van der Waals surface area contributed by atoms with E-state index in [2.05, 4.69) is 0 Å². The number of hydrogen-bond acceptors (Lipinski definition) is 5. The van der Waals surface area contributed by atoms with E-state index >= 15 is 0 Å². The molecule has 0 spiro atoms. The Morgan fingerprint density at radius 3 is 2.33 bits per heavy atom. The van der Waals surface area contributed by atoms with E-state index in [0.717, 1.165) is 19.3 Å². The highest BCUT2D eigenvalue weighted by Gasteiger charge is 2.61. The summed E-state index contributed by atoms with van der Waals surface area (Å²) in [6.07, 6.45) is 8.64. The topological polar surface area (TPSA) is 61.8 Å². The summed E-state index contributed by atoms with van der Waals surface area (Å²) in [5, 5.41) is 0. The predicted molar refractivity (Wildman–Crippen MR) is 105 cm³/mol. The van der Waals surface area contributed by atoms with E-state index in [0.29, 0.717) is 31.3 Å². The molecule has 0 aromatic rings. The smallest absolute Gasteiger partial charge is 0.377 e. The largest absolute Gasteiger partial charge is 0.457 e. The zero-order chi connectivity index (χ0) is 21.4. The van der Waals surface area contributed by atoms with Gasteiger partial charge >= 0.3 is 17.9 Å². The van der Waals surface area contributed by atoms with Gasteiger partial charge in [0.25, 0.3) is 0 Å². The second-order valence-corrected chi connectivity index (χ2v) is 10.1. The summed E-state index contributed by atoms with van der Waals surface area (Å²) in [6, 6.07) is 0. The van der Waals surface area contributed by atoms with Crippen LogP contribution in [-0.4, -0.2) is 37.4 Å². The number of alkyl halides is 2. The summed E-state index contributed by atoms with van der Waals surface area (Å²) >= 11 is 0. The summed E-state index contributed by atoms with van der Waals surface area (Å²) in [5.74, 6) is -4.23. The van der Waals surface area contributed by atoms with Crippen LogP contribution in [0.3, 0.4) is 0 Å². The summed E-state index contributed by atoms with van der Waals surface area (Å²) in [6.45, 7) is 1.90. The van der Waals surface area contributed by atoms with Crippen LogP contribution in [0.2, 0.25) is 0 Å². The van der Waals surface area contributed by atoms with Crippen LogP contribution in [0.15, 0.2) is 0 Å². The van der Waals surface area contributed by atoms with Crippen molar-refractivity contribution in [2.45, 2.75) is 89.6 Å². The Kier molecular flexibility index (Phi) is 6.38. The molecule has 5 fully saturated rings. The average Bonchev–Trinajstić information content (AvgIpc) is 2.73. The van der Waals surface area contributed by atoms with Gasteiger partial charge in [0, 0.05) is 6.42 Å². The van der Waals surface area contributed by atoms with Crippen molar-refractivity contribution in [1.29, 1.82) is 0 Å². The summed E-state index contributed by atoms with van der Waals surface area (Å²) < 4.78 is 43.9. The van der Waals surface area contributed by atoms with Crippen LogP contribution in [0.5, 0.6) is 0 Å². The van der Waals surface area contributed by atoms with Crippen molar-refractivity contribution >= 4 is 11.9 Å². The van der Waals surface area contributed by atoms with Crippen molar-refractivity contribution in [3.8, 4) is 0 Å². The Morgan fingerprint density at radius 2 is 1.70 bits per heavy atom. The first-order valence-electron chi connectivity index (χ1n) is 11.7.